The van der Waals surface area contributed by atoms with Gasteiger partial charge < -0.3 is 5.32 Å². The molecule has 0 aliphatic carbocycles. The number of aromatic nitrogens is 1. The Labute approximate surface area is 131 Å². The van der Waals surface area contributed by atoms with Crippen LogP contribution < -0.4 is 5.32 Å². The molecule has 0 unspecified atom stereocenters. The topological polar surface area (TPSA) is 28.2 Å². The first-order chi connectivity index (χ1) is 8.19. The van der Waals surface area contributed by atoms with Crippen LogP contribution in [0.5, 0.6) is 0 Å². The minimum absolute atomic E-state index is 0. The van der Waals surface area contributed by atoms with E-state index in [1.807, 2.05) is 13.2 Å². The van der Waals surface area contributed by atoms with Gasteiger partial charge in [0.1, 0.15) is 0 Å². The highest BCUT2D eigenvalue weighted by Crippen LogP contribution is 2.22. The molecule has 1 aliphatic heterocycles. The minimum atomic E-state index is 0. The Bertz CT molecular complexity index is 382. The van der Waals surface area contributed by atoms with Gasteiger partial charge in [-0.1, -0.05) is 0 Å². The number of nitrogens with one attached hydrogen (secondary N) is 1. The van der Waals surface area contributed by atoms with Crippen molar-refractivity contribution in [3.05, 3.63) is 26.9 Å². The van der Waals surface area contributed by atoms with Crippen molar-refractivity contribution in [2.75, 3.05) is 20.1 Å². The predicted octanol–water partition coefficient (Wildman–Crippen LogP) is 3.21. The van der Waals surface area contributed by atoms with Crippen molar-refractivity contribution in [2.24, 2.45) is 0 Å². The zero-order chi connectivity index (χ0) is 12.3. The van der Waals surface area contributed by atoms with Gasteiger partial charge in [-0.15, -0.1) is 12.4 Å². The molecule has 0 radical (unpaired) electrons. The highest BCUT2D eigenvalue weighted by atomic mass is 79.9. The van der Waals surface area contributed by atoms with Crippen molar-refractivity contribution in [3.8, 4) is 0 Å². The number of halogens is 3. The monoisotopic (exact) mass is 397 g/mol. The van der Waals surface area contributed by atoms with Crippen LogP contribution in [-0.2, 0) is 6.54 Å². The Hall–Kier alpha value is 0.320. The van der Waals surface area contributed by atoms with E-state index in [1.165, 1.54) is 12.8 Å². The normalized spacial score (nSPS) is 17.5. The summed E-state index contributed by atoms with van der Waals surface area (Å²) in [6, 6.07) is 2.75. The molecule has 0 aromatic carbocycles. The molecule has 0 bridgehead atoms. The summed E-state index contributed by atoms with van der Waals surface area (Å²) in [5, 5.41) is 3.35. The van der Waals surface area contributed by atoms with Crippen LogP contribution in [0.2, 0.25) is 0 Å². The highest BCUT2D eigenvalue weighted by Gasteiger charge is 2.18. The van der Waals surface area contributed by atoms with Crippen LogP contribution in [0.1, 0.15) is 18.5 Å². The maximum atomic E-state index is 4.46. The summed E-state index contributed by atoms with van der Waals surface area (Å²) in [6.45, 7) is 3.23. The van der Waals surface area contributed by atoms with Gasteiger partial charge in [0.2, 0.25) is 0 Å². The van der Waals surface area contributed by atoms with E-state index in [0.29, 0.717) is 6.04 Å². The molecule has 0 spiro atoms. The third-order valence-corrected chi connectivity index (χ3v) is 4.37. The quantitative estimate of drug-likeness (QED) is 0.846. The van der Waals surface area contributed by atoms with E-state index in [0.717, 1.165) is 34.3 Å². The fraction of sp³-hybridized carbons (Fsp3) is 0.583. The third kappa shape index (κ3) is 4.46. The summed E-state index contributed by atoms with van der Waals surface area (Å²) in [7, 11) is 2.05. The first-order valence-electron chi connectivity index (χ1n) is 5.88. The number of hydrogen-bond donors (Lipinski definition) is 1. The van der Waals surface area contributed by atoms with Crippen molar-refractivity contribution in [2.45, 2.75) is 25.4 Å². The molecule has 102 valence electrons. The molecule has 0 amide bonds. The molecule has 1 N–H and O–H groups in total. The summed E-state index contributed by atoms with van der Waals surface area (Å²) in [5.41, 5.74) is 1.12. The van der Waals surface area contributed by atoms with Crippen molar-refractivity contribution in [1.29, 1.82) is 0 Å². The van der Waals surface area contributed by atoms with E-state index in [2.05, 4.69) is 53.1 Å². The molecule has 1 saturated heterocycles. The molecule has 2 heterocycles. The number of nitrogens with zero attached hydrogens (tertiary/aromatic N) is 2. The van der Waals surface area contributed by atoms with Crippen LogP contribution in [0, 0.1) is 0 Å². The molecule has 0 saturated carbocycles. The molecule has 2 rings (SSSR count). The smallest absolute Gasteiger partial charge is 0.0686 e. The Kier molecular flexibility index (Phi) is 7.10. The summed E-state index contributed by atoms with van der Waals surface area (Å²) >= 11 is 6.99. The maximum Gasteiger partial charge on any atom is 0.0686 e. The number of hydrogen-bond acceptors (Lipinski definition) is 3. The van der Waals surface area contributed by atoms with Gasteiger partial charge in [-0.2, -0.15) is 0 Å². The van der Waals surface area contributed by atoms with E-state index >= 15 is 0 Å². The molecule has 1 aromatic rings. The average molecular weight is 400 g/mol. The molecule has 0 atom stereocenters. The standard InChI is InChI=1S/C12H17Br2N3.ClH/c1-15-10-2-4-17(5-3-10)8-12-11(14)6-9(13)7-16-12;/h6-7,10,15H,2-5,8H2,1H3;1H. The van der Waals surface area contributed by atoms with E-state index in [1.54, 1.807) is 0 Å². The average Bonchev–Trinajstić information content (AvgIpc) is 2.34. The lowest BCUT2D eigenvalue weighted by Gasteiger charge is -2.31. The summed E-state index contributed by atoms with van der Waals surface area (Å²) in [4.78, 5) is 6.93. The van der Waals surface area contributed by atoms with Crippen molar-refractivity contribution in [1.82, 2.24) is 15.2 Å². The Balaban J connectivity index is 0.00000162. The molecule has 6 heteroatoms. The lowest BCUT2D eigenvalue weighted by Crippen LogP contribution is -2.40. The van der Waals surface area contributed by atoms with Crippen molar-refractivity contribution in [3.63, 3.8) is 0 Å². The number of piperidine rings is 1. The summed E-state index contributed by atoms with van der Waals surface area (Å²) in [5.74, 6) is 0. The third-order valence-electron chi connectivity index (χ3n) is 3.25. The Morgan fingerprint density at radius 3 is 2.61 bits per heavy atom. The van der Waals surface area contributed by atoms with E-state index < -0.39 is 0 Å². The van der Waals surface area contributed by atoms with Gasteiger partial charge in [-0.3, -0.25) is 9.88 Å². The summed E-state index contributed by atoms with van der Waals surface area (Å²) < 4.78 is 2.10. The van der Waals surface area contributed by atoms with Crippen LogP contribution in [0.4, 0.5) is 0 Å². The van der Waals surface area contributed by atoms with Gasteiger partial charge in [0, 0.05) is 40.8 Å². The number of likely N-dealkylation sites (tertiary alicyclic amines) is 1. The highest BCUT2D eigenvalue weighted by molar-refractivity contribution is 9.11. The molecule has 18 heavy (non-hydrogen) atoms. The minimum Gasteiger partial charge on any atom is -0.317 e. The maximum absolute atomic E-state index is 4.46. The van der Waals surface area contributed by atoms with Crippen LogP contribution in [0.25, 0.3) is 0 Å². The predicted molar refractivity (Wildman–Crippen MR) is 84.2 cm³/mol. The van der Waals surface area contributed by atoms with Crippen LogP contribution in [0.3, 0.4) is 0 Å². The molecule has 1 aromatic heterocycles. The van der Waals surface area contributed by atoms with E-state index in [9.17, 15) is 0 Å². The van der Waals surface area contributed by atoms with Gasteiger partial charge in [-0.25, -0.2) is 0 Å². The lowest BCUT2D eigenvalue weighted by molar-refractivity contribution is 0.192. The van der Waals surface area contributed by atoms with Crippen LogP contribution in [-0.4, -0.2) is 36.1 Å². The first-order valence-corrected chi connectivity index (χ1v) is 7.47. The second-order valence-electron chi connectivity index (χ2n) is 4.42. The summed E-state index contributed by atoms with van der Waals surface area (Å²) in [6.07, 6.45) is 4.32. The second kappa shape index (κ2) is 7.80. The zero-order valence-corrected chi connectivity index (χ0v) is 14.3. The van der Waals surface area contributed by atoms with Gasteiger partial charge in [-0.05, 0) is 57.8 Å². The first kappa shape index (κ1) is 16.4. The largest absolute Gasteiger partial charge is 0.317 e. The molecular weight excluding hydrogens is 381 g/mol. The Morgan fingerprint density at radius 2 is 2.06 bits per heavy atom. The zero-order valence-electron chi connectivity index (χ0n) is 10.3. The number of pyridine rings is 1. The fourth-order valence-corrected chi connectivity index (χ4v) is 3.26. The van der Waals surface area contributed by atoms with Gasteiger partial charge in [0.05, 0.1) is 5.69 Å². The number of rotatable bonds is 3. The van der Waals surface area contributed by atoms with Crippen LogP contribution in [0.15, 0.2) is 21.2 Å². The van der Waals surface area contributed by atoms with E-state index in [4.69, 9.17) is 0 Å². The molecule has 3 nitrogen and oxygen atoms in total. The lowest BCUT2D eigenvalue weighted by atomic mass is 10.1. The Morgan fingerprint density at radius 1 is 1.39 bits per heavy atom. The van der Waals surface area contributed by atoms with Crippen molar-refractivity contribution >= 4 is 44.3 Å². The molecule has 1 fully saturated rings. The van der Waals surface area contributed by atoms with Crippen molar-refractivity contribution < 1.29 is 0 Å². The van der Waals surface area contributed by atoms with E-state index in [-0.39, 0.29) is 12.4 Å². The molecular formula is C12H18Br2ClN3. The SMILES string of the molecule is CNC1CCN(Cc2ncc(Br)cc2Br)CC1.Cl. The van der Waals surface area contributed by atoms with Gasteiger partial charge >= 0.3 is 0 Å². The van der Waals surface area contributed by atoms with Crippen LogP contribution >= 0.6 is 44.3 Å². The van der Waals surface area contributed by atoms with Gasteiger partial charge in [0.15, 0.2) is 0 Å². The second-order valence-corrected chi connectivity index (χ2v) is 6.19. The molecule has 1 aliphatic rings. The van der Waals surface area contributed by atoms with Gasteiger partial charge in [0.25, 0.3) is 0 Å². The fourth-order valence-electron chi connectivity index (χ4n) is 2.15.